The van der Waals surface area contributed by atoms with Crippen molar-refractivity contribution in [3.05, 3.63) is 51.6 Å². The molecule has 1 atom stereocenters. The molecule has 1 unspecified atom stereocenters. The van der Waals surface area contributed by atoms with Crippen molar-refractivity contribution in [2.75, 3.05) is 0 Å². The molecule has 106 valence electrons. The topological polar surface area (TPSA) is 99.9 Å². The van der Waals surface area contributed by atoms with Crippen molar-refractivity contribution >= 4 is 5.69 Å². The number of halogens is 1. The molecule has 2 N–H and O–H groups in total. The Kier molecular flexibility index (Phi) is 4.04. The van der Waals surface area contributed by atoms with Crippen LogP contribution in [-0.4, -0.2) is 19.9 Å². The highest BCUT2D eigenvalue weighted by Crippen LogP contribution is 2.18. The molecular formula is C12H14FN5O2. The Hall–Kier alpha value is -2.35. The van der Waals surface area contributed by atoms with Crippen LogP contribution >= 0.6 is 0 Å². The average Bonchev–Trinajstić information content (AvgIpc) is 2.86. The van der Waals surface area contributed by atoms with E-state index in [0.717, 1.165) is 18.6 Å². The SMILES string of the molecule is CCC(N)c1cn(Cc2ccc([N+](=O)[O-])c(F)c2)nn1. The molecule has 1 aromatic heterocycles. The summed E-state index contributed by atoms with van der Waals surface area (Å²) < 4.78 is 15.0. The van der Waals surface area contributed by atoms with Gasteiger partial charge in [0.15, 0.2) is 0 Å². The number of aromatic nitrogens is 3. The van der Waals surface area contributed by atoms with Crippen LogP contribution in [0.3, 0.4) is 0 Å². The van der Waals surface area contributed by atoms with Gasteiger partial charge in [-0.2, -0.15) is 4.39 Å². The molecule has 0 aliphatic carbocycles. The maximum atomic E-state index is 13.5. The fourth-order valence-electron chi connectivity index (χ4n) is 1.75. The maximum Gasteiger partial charge on any atom is 0.304 e. The van der Waals surface area contributed by atoms with Crippen molar-refractivity contribution in [2.45, 2.75) is 25.9 Å². The van der Waals surface area contributed by atoms with Crippen LogP contribution in [0, 0.1) is 15.9 Å². The summed E-state index contributed by atoms with van der Waals surface area (Å²) in [6.07, 6.45) is 2.43. The zero-order valence-electron chi connectivity index (χ0n) is 10.9. The van der Waals surface area contributed by atoms with Gasteiger partial charge >= 0.3 is 5.69 Å². The smallest absolute Gasteiger partial charge is 0.304 e. The van der Waals surface area contributed by atoms with E-state index >= 15 is 0 Å². The first kappa shape index (κ1) is 14.1. The number of hydrogen-bond donors (Lipinski definition) is 1. The molecule has 8 heteroatoms. The molecule has 0 radical (unpaired) electrons. The van der Waals surface area contributed by atoms with Gasteiger partial charge in [-0.3, -0.25) is 10.1 Å². The summed E-state index contributed by atoms with van der Waals surface area (Å²) in [6.45, 7) is 2.22. The van der Waals surface area contributed by atoms with E-state index in [1.165, 1.54) is 10.7 Å². The van der Waals surface area contributed by atoms with E-state index in [-0.39, 0.29) is 12.6 Å². The first-order chi connectivity index (χ1) is 9.51. The van der Waals surface area contributed by atoms with Crippen LogP contribution in [0.5, 0.6) is 0 Å². The maximum absolute atomic E-state index is 13.5. The third-order valence-electron chi connectivity index (χ3n) is 2.93. The quantitative estimate of drug-likeness (QED) is 0.664. The predicted molar refractivity (Wildman–Crippen MR) is 69.4 cm³/mol. The zero-order chi connectivity index (χ0) is 14.7. The summed E-state index contributed by atoms with van der Waals surface area (Å²) in [5, 5.41) is 18.4. The van der Waals surface area contributed by atoms with Gasteiger partial charge in [0.25, 0.3) is 0 Å². The van der Waals surface area contributed by atoms with Gasteiger partial charge in [0.2, 0.25) is 5.82 Å². The lowest BCUT2D eigenvalue weighted by molar-refractivity contribution is -0.387. The van der Waals surface area contributed by atoms with Crippen molar-refractivity contribution < 1.29 is 9.31 Å². The highest BCUT2D eigenvalue weighted by atomic mass is 19.1. The van der Waals surface area contributed by atoms with Crippen molar-refractivity contribution in [1.29, 1.82) is 0 Å². The van der Waals surface area contributed by atoms with Crippen LogP contribution in [0.2, 0.25) is 0 Å². The fourth-order valence-corrected chi connectivity index (χ4v) is 1.75. The van der Waals surface area contributed by atoms with E-state index in [4.69, 9.17) is 5.73 Å². The summed E-state index contributed by atoms with van der Waals surface area (Å²) in [5.41, 5.74) is 6.51. The molecule has 1 heterocycles. The average molecular weight is 279 g/mol. The highest BCUT2D eigenvalue weighted by molar-refractivity contribution is 5.35. The minimum atomic E-state index is -0.863. The minimum absolute atomic E-state index is 0.183. The molecule has 2 aromatic rings. The molecule has 7 nitrogen and oxygen atoms in total. The molecule has 1 aromatic carbocycles. The third-order valence-corrected chi connectivity index (χ3v) is 2.93. The van der Waals surface area contributed by atoms with Gasteiger partial charge in [-0.25, -0.2) is 4.68 Å². The minimum Gasteiger partial charge on any atom is -0.323 e. The van der Waals surface area contributed by atoms with Gasteiger partial charge in [-0.05, 0) is 18.1 Å². The highest BCUT2D eigenvalue weighted by Gasteiger charge is 2.14. The number of nitrogens with zero attached hydrogens (tertiary/aromatic N) is 4. The van der Waals surface area contributed by atoms with Crippen LogP contribution in [0.1, 0.15) is 30.6 Å². The van der Waals surface area contributed by atoms with E-state index in [1.807, 2.05) is 6.92 Å². The summed E-state index contributed by atoms with van der Waals surface area (Å²) in [5.74, 6) is -0.863. The first-order valence-electron chi connectivity index (χ1n) is 6.09. The van der Waals surface area contributed by atoms with Gasteiger partial charge in [-0.15, -0.1) is 5.10 Å². The Labute approximate surface area is 114 Å². The molecule has 0 amide bonds. The summed E-state index contributed by atoms with van der Waals surface area (Å²) in [7, 11) is 0. The monoisotopic (exact) mass is 279 g/mol. The molecule has 0 spiro atoms. The van der Waals surface area contributed by atoms with Crippen molar-refractivity contribution in [3.63, 3.8) is 0 Å². The van der Waals surface area contributed by atoms with Gasteiger partial charge < -0.3 is 5.73 Å². The second-order valence-corrected chi connectivity index (χ2v) is 4.40. The van der Waals surface area contributed by atoms with Gasteiger partial charge in [-0.1, -0.05) is 18.2 Å². The van der Waals surface area contributed by atoms with E-state index in [9.17, 15) is 14.5 Å². The number of rotatable bonds is 5. The second-order valence-electron chi connectivity index (χ2n) is 4.40. The van der Waals surface area contributed by atoms with Crippen LogP contribution in [0.25, 0.3) is 0 Å². The molecule has 0 saturated heterocycles. The van der Waals surface area contributed by atoms with Crippen LogP contribution in [0.15, 0.2) is 24.4 Å². The van der Waals surface area contributed by atoms with Crippen molar-refractivity contribution in [1.82, 2.24) is 15.0 Å². The molecular weight excluding hydrogens is 265 g/mol. The summed E-state index contributed by atoms with van der Waals surface area (Å²) in [4.78, 5) is 9.77. The summed E-state index contributed by atoms with van der Waals surface area (Å²) in [6, 6.07) is 3.57. The lowest BCUT2D eigenvalue weighted by Crippen LogP contribution is -2.08. The number of nitro benzene ring substituents is 1. The Morgan fingerprint density at radius 1 is 1.55 bits per heavy atom. The van der Waals surface area contributed by atoms with Gasteiger partial charge in [0.1, 0.15) is 0 Å². The standard InChI is InChI=1S/C12H14FN5O2/c1-2-10(14)11-7-17(16-15-11)6-8-3-4-12(18(19)20)9(13)5-8/h3-5,7,10H,2,6,14H2,1H3. The van der Waals surface area contributed by atoms with Crippen molar-refractivity contribution in [3.8, 4) is 0 Å². The fraction of sp³-hybridized carbons (Fsp3) is 0.333. The van der Waals surface area contributed by atoms with Crippen molar-refractivity contribution in [2.24, 2.45) is 5.73 Å². The lowest BCUT2D eigenvalue weighted by Gasteiger charge is -2.03. The molecule has 0 aliphatic heterocycles. The van der Waals surface area contributed by atoms with E-state index in [2.05, 4.69) is 10.3 Å². The van der Waals surface area contributed by atoms with E-state index in [1.54, 1.807) is 6.20 Å². The van der Waals surface area contributed by atoms with Crippen LogP contribution in [0.4, 0.5) is 10.1 Å². The van der Waals surface area contributed by atoms with E-state index in [0.29, 0.717) is 11.3 Å². The largest absolute Gasteiger partial charge is 0.323 e. The second kappa shape index (κ2) is 5.74. The first-order valence-corrected chi connectivity index (χ1v) is 6.09. The predicted octanol–water partition coefficient (Wildman–Crippen LogP) is 1.78. The van der Waals surface area contributed by atoms with Crippen LogP contribution < -0.4 is 5.73 Å². The normalized spacial score (nSPS) is 12.3. The number of benzene rings is 1. The molecule has 0 fully saturated rings. The Balaban J connectivity index is 2.16. The van der Waals surface area contributed by atoms with E-state index < -0.39 is 16.4 Å². The molecule has 0 saturated carbocycles. The molecule has 0 bridgehead atoms. The lowest BCUT2D eigenvalue weighted by atomic mass is 10.2. The zero-order valence-corrected chi connectivity index (χ0v) is 10.9. The van der Waals surface area contributed by atoms with Crippen LogP contribution in [-0.2, 0) is 6.54 Å². The molecule has 20 heavy (non-hydrogen) atoms. The number of nitro groups is 1. The molecule has 2 rings (SSSR count). The number of nitrogens with two attached hydrogens (primary N) is 1. The Bertz CT molecular complexity index is 628. The Morgan fingerprint density at radius 3 is 2.90 bits per heavy atom. The summed E-state index contributed by atoms with van der Waals surface area (Å²) >= 11 is 0. The Morgan fingerprint density at radius 2 is 2.30 bits per heavy atom. The molecule has 0 aliphatic rings. The third kappa shape index (κ3) is 2.97. The van der Waals surface area contributed by atoms with Gasteiger partial charge in [0.05, 0.1) is 29.4 Å². The number of hydrogen-bond acceptors (Lipinski definition) is 5. The van der Waals surface area contributed by atoms with Gasteiger partial charge in [0, 0.05) is 6.07 Å².